The van der Waals surface area contributed by atoms with Crippen molar-refractivity contribution in [1.29, 1.82) is 0 Å². The third kappa shape index (κ3) is 3.44. The number of halogens is 3. The van der Waals surface area contributed by atoms with E-state index in [1.54, 1.807) is 4.90 Å². The van der Waals surface area contributed by atoms with E-state index in [0.29, 0.717) is 19.7 Å². The molecule has 8 heteroatoms. The highest BCUT2D eigenvalue weighted by Gasteiger charge is 2.35. The van der Waals surface area contributed by atoms with Crippen LogP contribution in [0.2, 0.25) is 0 Å². The van der Waals surface area contributed by atoms with Gasteiger partial charge in [-0.25, -0.2) is 4.98 Å². The number of carbonyl (C=O) groups is 1. The van der Waals surface area contributed by atoms with Crippen molar-refractivity contribution in [3.8, 4) is 0 Å². The Morgan fingerprint density at radius 1 is 1.43 bits per heavy atom. The minimum Gasteiger partial charge on any atom is -0.372 e. The fraction of sp³-hybridized carbons (Fsp3) is 0.538. The van der Waals surface area contributed by atoms with Crippen molar-refractivity contribution >= 4 is 11.7 Å². The Bertz CT molecular complexity index is 558. The molecule has 1 aliphatic heterocycles. The second kappa shape index (κ2) is 5.18. The summed E-state index contributed by atoms with van der Waals surface area (Å²) in [6, 6.07) is 1.82. The van der Waals surface area contributed by atoms with Gasteiger partial charge in [-0.2, -0.15) is 13.2 Å². The van der Waals surface area contributed by atoms with Gasteiger partial charge >= 0.3 is 6.18 Å². The second-order valence-corrected chi connectivity index (χ2v) is 5.46. The molecule has 2 N–H and O–H groups in total. The summed E-state index contributed by atoms with van der Waals surface area (Å²) in [5.41, 5.74) is 3.61. The number of morpholine rings is 1. The van der Waals surface area contributed by atoms with E-state index in [2.05, 4.69) is 4.98 Å². The van der Waals surface area contributed by atoms with Crippen LogP contribution in [0.25, 0.3) is 0 Å². The van der Waals surface area contributed by atoms with Crippen LogP contribution in [0.5, 0.6) is 0 Å². The number of hydrogen-bond acceptors (Lipinski definition) is 4. The van der Waals surface area contributed by atoms with Crippen molar-refractivity contribution in [1.82, 2.24) is 4.98 Å². The third-order valence-corrected chi connectivity index (χ3v) is 3.16. The number of anilines is 1. The molecule has 0 radical (unpaired) electrons. The lowest BCUT2D eigenvalue weighted by Gasteiger charge is -2.39. The molecule has 5 nitrogen and oxygen atoms in total. The molecule has 0 aromatic carbocycles. The van der Waals surface area contributed by atoms with Gasteiger partial charge in [0, 0.05) is 13.1 Å². The highest BCUT2D eigenvalue weighted by molar-refractivity contribution is 5.97. The molecule has 1 saturated heterocycles. The van der Waals surface area contributed by atoms with Gasteiger partial charge in [0.1, 0.15) is 11.5 Å². The van der Waals surface area contributed by atoms with Crippen LogP contribution in [-0.2, 0) is 10.9 Å². The van der Waals surface area contributed by atoms with E-state index in [1.807, 2.05) is 13.8 Å². The van der Waals surface area contributed by atoms with E-state index < -0.39 is 23.4 Å². The number of aromatic nitrogens is 1. The lowest BCUT2D eigenvalue weighted by Crippen LogP contribution is -2.49. The van der Waals surface area contributed by atoms with E-state index in [1.165, 1.54) is 0 Å². The molecule has 1 fully saturated rings. The largest absolute Gasteiger partial charge is 0.433 e. The lowest BCUT2D eigenvalue weighted by molar-refractivity contribution is -0.141. The summed E-state index contributed by atoms with van der Waals surface area (Å²) < 4.78 is 43.9. The quantitative estimate of drug-likeness (QED) is 0.905. The van der Waals surface area contributed by atoms with Gasteiger partial charge in [-0.15, -0.1) is 0 Å². The Kier molecular flexibility index (Phi) is 3.83. The Morgan fingerprint density at radius 2 is 2.10 bits per heavy atom. The van der Waals surface area contributed by atoms with Crippen LogP contribution < -0.4 is 10.6 Å². The van der Waals surface area contributed by atoms with E-state index >= 15 is 0 Å². The average Bonchev–Trinajstić information content (AvgIpc) is 2.35. The number of ether oxygens (including phenoxy) is 1. The van der Waals surface area contributed by atoms with E-state index in [0.717, 1.165) is 12.1 Å². The fourth-order valence-electron chi connectivity index (χ4n) is 2.24. The normalized spacial score (nSPS) is 18.6. The van der Waals surface area contributed by atoms with Crippen molar-refractivity contribution in [3.05, 3.63) is 23.4 Å². The summed E-state index contributed by atoms with van der Waals surface area (Å²) in [7, 11) is 0. The highest BCUT2D eigenvalue weighted by atomic mass is 19.4. The molecular weight excluding hydrogens is 287 g/mol. The molecule has 21 heavy (non-hydrogen) atoms. The van der Waals surface area contributed by atoms with Crippen molar-refractivity contribution in [2.24, 2.45) is 5.73 Å². The van der Waals surface area contributed by atoms with Crippen LogP contribution in [0.1, 0.15) is 29.9 Å². The summed E-state index contributed by atoms with van der Waals surface area (Å²) in [4.78, 5) is 16.6. The molecule has 1 aromatic heterocycles. The standard InChI is InChI=1S/C13H16F3N3O2/c1-12(2)7-19(5-6-21-12)11-8(10(17)20)3-4-9(18-11)13(14,15)16/h3-4H,5-7H2,1-2H3,(H2,17,20). The van der Waals surface area contributed by atoms with Gasteiger partial charge < -0.3 is 15.4 Å². The first-order chi connectivity index (χ1) is 9.60. The first kappa shape index (κ1) is 15.6. The first-order valence-electron chi connectivity index (χ1n) is 6.37. The van der Waals surface area contributed by atoms with Gasteiger partial charge in [-0.3, -0.25) is 4.79 Å². The molecule has 0 spiro atoms. The zero-order valence-electron chi connectivity index (χ0n) is 11.7. The first-order valence-corrected chi connectivity index (χ1v) is 6.37. The van der Waals surface area contributed by atoms with Crippen LogP contribution in [0.3, 0.4) is 0 Å². The Balaban J connectivity index is 2.46. The zero-order chi connectivity index (χ0) is 15.8. The maximum atomic E-state index is 12.8. The Labute approximate surface area is 119 Å². The number of amides is 1. The number of carbonyl (C=O) groups excluding carboxylic acids is 1. The SMILES string of the molecule is CC1(C)CN(c2nc(C(F)(F)F)ccc2C(N)=O)CCO1. The summed E-state index contributed by atoms with van der Waals surface area (Å²) in [5.74, 6) is -0.857. The van der Waals surface area contributed by atoms with Gasteiger partial charge in [-0.05, 0) is 26.0 Å². The molecule has 0 unspecified atom stereocenters. The maximum Gasteiger partial charge on any atom is 0.433 e. The molecule has 0 atom stereocenters. The van der Waals surface area contributed by atoms with Gasteiger partial charge in [0.25, 0.3) is 5.91 Å². The van der Waals surface area contributed by atoms with Crippen LogP contribution in [-0.4, -0.2) is 36.2 Å². The predicted molar refractivity (Wildman–Crippen MR) is 70.0 cm³/mol. The molecule has 1 aromatic rings. The van der Waals surface area contributed by atoms with Crippen LogP contribution in [0.15, 0.2) is 12.1 Å². The van der Waals surface area contributed by atoms with Gasteiger partial charge in [-0.1, -0.05) is 0 Å². The van der Waals surface area contributed by atoms with Crippen molar-refractivity contribution in [2.75, 3.05) is 24.6 Å². The average molecular weight is 303 g/mol. The monoisotopic (exact) mass is 303 g/mol. The van der Waals surface area contributed by atoms with Gasteiger partial charge in [0.05, 0.1) is 17.8 Å². The molecular formula is C13H16F3N3O2. The van der Waals surface area contributed by atoms with Crippen LogP contribution in [0, 0.1) is 0 Å². The number of nitrogens with two attached hydrogens (primary N) is 1. The number of primary amides is 1. The van der Waals surface area contributed by atoms with E-state index in [9.17, 15) is 18.0 Å². The minimum atomic E-state index is -4.58. The number of rotatable bonds is 2. The molecule has 0 saturated carbocycles. The fourth-order valence-corrected chi connectivity index (χ4v) is 2.24. The van der Waals surface area contributed by atoms with E-state index in [4.69, 9.17) is 10.5 Å². The van der Waals surface area contributed by atoms with Crippen molar-refractivity contribution in [3.63, 3.8) is 0 Å². The Hall–Kier alpha value is -1.83. The number of pyridine rings is 1. The summed E-state index contributed by atoms with van der Waals surface area (Å²) in [6.45, 7) is 4.64. The molecule has 2 heterocycles. The molecule has 2 rings (SSSR count). The van der Waals surface area contributed by atoms with E-state index in [-0.39, 0.29) is 11.4 Å². The topological polar surface area (TPSA) is 68.5 Å². The summed E-state index contributed by atoms with van der Waals surface area (Å²) in [5, 5.41) is 0. The molecule has 0 aliphatic carbocycles. The summed E-state index contributed by atoms with van der Waals surface area (Å²) >= 11 is 0. The zero-order valence-corrected chi connectivity index (χ0v) is 11.7. The number of hydrogen-bond donors (Lipinski definition) is 1. The van der Waals surface area contributed by atoms with Gasteiger partial charge in [0.2, 0.25) is 0 Å². The second-order valence-electron chi connectivity index (χ2n) is 5.46. The molecule has 0 bridgehead atoms. The molecule has 1 aliphatic rings. The minimum absolute atomic E-state index is 0.0271. The van der Waals surface area contributed by atoms with Crippen molar-refractivity contribution in [2.45, 2.75) is 25.6 Å². The smallest absolute Gasteiger partial charge is 0.372 e. The Morgan fingerprint density at radius 3 is 2.62 bits per heavy atom. The van der Waals surface area contributed by atoms with Crippen LogP contribution in [0.4, 0.5) is 19.0 Å². The lowest BCUT2D eigenvalue weighted by atomic mass is 10.1. The maximum absolute atomic E-state index is 12.8. The van der Waals surface area contributed by atoms with Gasteiger partial charge in [0.15, 0.2) is 0 Å². The summed E-state index contributed by atoms with van der Waals surface area (Å²) in [6.07, 6.45) is -4.58. The third-order valence-electron chi connectivity index (χ3n) is 3.16. The molecule has 1 amide bonds. The number of nitrogens with zero attached hydrogens (tertiary/aromatic N) is 2. The highest BCUT2D eigenvalue weighted by Crippen LogP contribution is 2.31. The van der Waals surface area contributed by atoms with Crippen LogP contribution >= 0.6 is 0 Å². The molecule has 116 valence electrons. The van der Waals surface area contributed by atoms with Crippen molar-refractivity contribution < 1.29 is 22.7 Å². The predicted octanol–water partition coefficient (Wildman–Crippen LogP) is 1.81. The number of alkyl halides is 3.